The number of nitrogens with zero attached hydrogens (tertiary/aromatic N) is 3. The number of aliphatic hydroxyl groups excluding tert-OH is 1. The van der Waals surface area contributed by atoms with Crippen LogP contribution in [-0.4, -0.2) is 75.1 Å². The summed E-state index contributed by atoms with van der Waals surface area (Å²) in [5.41, 5.74) is 2.90. The Kier molecular flexibility index (Phi) is 11.0. The third-order valence-corrected chi connectivity index (χ3v) is 9.44. The molecule has 5 rings (SSSR count). The van der Waals surface area contributed by atoms with Gasteiger partial charge in [0.2, 0.25) is 5.91 Å². The van der Waals surface area contributed by atoms with Crippen LogP contribution in [0.1, 0.15) is 64.9 Å². The van der Waals surface area contributed by atoms with Gasteiger partial charge in [-0.25, -0.2) is 0 Å². The van der Waals surface area contributed by atoms with Crippen LogP contribution in [0.25, 0.3) is 10.1 Å². The van der Waals surface area contributed by atoms with Crippen molar-refractivity contribution in [1.82, 2.24) is 4.90 Å². The van der Waals surface area contributed by atoms with Crippen LogP contribution >= 0.6 is 11.3 Å². The van der Waals surface area contributed by atoms with E-state index in [4.69, 9.17) is 14.2 Å². The van der Waals surface area contributed by atoms with Gasteiger partial charge in [-0.1, -0.05) is 45.7 Å². The summed E-state index contributed by atoms with van der Waals surface area (Å²) < 4.78 is 18.4. The summed E-state index contributed by atoms with van der Waals surface area (Å²) in [6, 6.07) is 14.8. The number of anilines is 2. The van der Waals surface area contributed by atoms with Crippen LogP contribution in [0.3, 0.4) is 0 Å². The minimum Gasteiger partial charge on any atom is -0.494 e. The van der Waals surface area contributed by atoms with E-state index in [2.05, 4.69) is 66.3 Å². The third kappa shape index (κ3) is 8.08. The Bertz CT molecular complexity index is 1340. The molecule has 1 aromatic heterocycles. The second kappa shape index (κ2) is 14.9. The maximum atomic E-state index is 13.1. The van der Waals surface area contributed by atoms with Crippen LogP contribution < -0.4 is 14.5 Å². The number of hydrogen-bond donors (Lipinski definition) is 1. The number of rotatable bonds is 15. The van der Waals surface area contributed by atoms with E-state index < -0.39 is 6.48 Å². The maximum absolute atomic E-state index is 13.1. The van der Waals surface area contributed by atoms with Crippen molar-refractivity contribution in [3.8, 4) is 5.75 Å². The minimum atomic E-state index is -1.36. The van der Waals surface area contributed by atoms with Gasteiger partial charge in [0.1, 0.15) is 12.5 Å². The standard InChI is InChI=1S/C34H47N3O5S/c1-4-5-7-21-41-33(39)42-25-37-30-23-26(12-13-28(30)34(2,3)24-32(37)38)40-20-8-6-15-35-16-18-36(19-17-35)29-10-9-11-31-27(29)14-22-43-31/h9-14,22-23,33,39H,4-8,15-21,24-25H2,1-3H3. The Morgan fingerprint density at radius 2 is 1.77 bits per heavy atom. The van der Waals surface area contributed by atoms with Gasteiger partial charge in [-0.2, -0.15) is 0 Å². The van der Waals surface area contributed by atoms with E-state index in [0.29, 0.717) is 19.6 Å². The smallest absolute Gasteiger partial charge is 0.270 e. The summed E-state index contributed by atoms with van der Waals surface area (Å²) in [7, 11) is 0. The van der Waals surface area contributed by atoms with Crippen LogP contribution in [0.5, 0.6) is 5.75 Å². The highest BCUT2D eigenvalue weighted by atomic mass is 32.1. The van der Waals surface area contributed by atoms with Gasteiger partial charge in [0.25, 0.3) is 6.48 Å². The monoisotopic (exact) mass is 609 g/mol. The van der Waals surface area contributed by atoms with Crippen molar-refractivity contribution in [2.24, 2.45) is 0 Å². The van der Waals surface area contributed by atoms with Crippen LogP contribution in [0.4, 0.5) is 11.4 Å². The minimum absolute atomic E-state index is 0.0417. The third-order valence-electron chi connectivity index (χ3n) is 8.56. The molecular formula is C34H47N3O5S. The maximum Gasteiger partial charge on any atom is 0.270 e. The highest BCUT2D eigenvalue weighted by molar-refractivity contribution is 7.17. The van der Waals surface area contributed by atoms with Crippen LogP contribution in [-0.2, 0) is 19.7 Å². The predicted octanol–water partition coefficient (Wildman–Crippen LogP) is 6.35. The zero-order valence-electron chi connectivity index (χ0n) is 25.9. The van der Waals surface area contributed by atoms with E-state index in [1.54, 1.807) is 4.90 Å². The summed E-state index contributed by atoms with van der Waals surface area (Å²) >= 11 is 1.81. The molecular weight excluding hydrogens is 562 g/mol. The Morgan fingerprint density at radius 1 is 0.953 bits per heavy atom. The lowest BCUT2D eigenvalue weighted by molar-refractivity contribution is -0.262. The molecule has 2 aliphatic heterocycles. The van der Waals surface area contributed by atoms with Crippen molar-refractivity contribution in [2.75, 3.05) is 62.5 Å². The Morgan fingerprint density at radius 3 is 2.58 bits per heavy atom. The van der Waals surface area contributed by atoms with E-state index >= 15 is 0 Å². The molecule has 1 amide bonds. The molecule has 3 aromatic rings. The molecule has 1 saturated heterocycles. The largest absolute Gasteiger partial charge is 0.494 e. The van der Waals surface area contributed by atoms with Gasteiger partial charge in [-0.3, -0.25) is 14.6 Å². The van der Waals surface area contributed by atoms with E-state index in [-0.39, 0.29) is 18.1 Å². The number of piperazine rings is 1. The Balaban J connectivity index is 1.07. The lowest BCUT2D eigenvalue weighted by Crippen LogP contribution is -2.46. The van der Waals surface area contributed by atoms with Gasteiger partial charge in [-0.15, -0.1) is 11.3 Å². The molecule has 2 aliphatic rings. The number of fused-ring (bicyclic) bond motifs is 2. The number of aliphatic hydroxyl groups is 1. The van der Waals surface area contributed by atoms with Crippen molar-refractivity contribution in [3.05, 3.63) is 53.4 Å². The topological polar surface area (TPSA) is 74.7 Å². The van der Waals surface area contributed by atoms with Crippen molar-refractivity contribution in [3.63, 3.8) is 0 Å². The summed E-state index contributed by atoms with van der Waals surface area (Å²) in [4.78, 5) is 19.7. The second-order valence-corrected chi connectivity index (χ2v) is 13.2. The molecule has 9 heteroatoms. The van der Waals surface area contributed by atoms with Gasteiger partial charge in [0.05, 0.1) is 18.9 Å². The number of thiophene rings is 1. The van der Waals surface area contributed by atoms with Crippen molar-refractivity contribution in [2.45, 2.75) is 71.2 Å². The fourth-order valence-corrected chi connectivity index (χ4v) is 6.87. The predicted molar refractivity (Wildman–Crippen MR) is 174 cm³/mol. The number of benzene rings is 2. The lowest BCUT2D eigenvalue weighted by Gasteiger charge is -2.38. The number of carbonyl (C=O) groups is 1. The zero-order valence-corrected chi connectivity index (χ0v) is 26.7. The SMILES string of the molecule is CCCCCOC(O)OCN1C(=O)CC(C)(C)c2ccc(OCCCCN3CCN(c4cccc5sccc45)CC3)cc21. The van der Waals surface area contributed by atoms with Crippen molar-refractivity contribution < 1.29 is 24.1 Å². The molecule has 0 saturated carbocycles. The Labute approximate surface area is 260 Å². The molecule has 1 N–H and O–H groups in total. The number of unbranched alkanes of at least 4 members (excludes halogenated alkanes) is 3. The second-order valence-electron chi connectivity index (χ2n) is 12.2. The molecule has 2 aromatic carbocycles. The first kappa shape index (κ1) is 31.7. The van der Waals surface area contributed by atoms with E-state index in [9.17, 15) is 9.90 Å². The molecule has 3 heterocycles. The van der Waals surface area contributed by atoms with Gasteiger partial charge in [0.15, 0.2) is 0 Å². The lowest BCUT2D eigenvalue weighted by atomic mass is 9.77. The summed E-state index contributed by atoms with van der Waals surface area (Å²) in [6.45, 7) is 11.2. The first-order chi connectivity index (χ1) is 20.9. The van der Waals surface area contributed by atoms with E-state index in [0.717, 1.165) is 81.8 Å². The highest BCUT2D eigenvalue weighted by Crippen LogP contribution is 2.42. The number of carbonyl (C=O) groups excluding carboxylic acids is 1. The van der Waals surface area contributed by atoms with Crippen LogP contribution in [0.2, 0.25) is 0 Å². The van der Waals surface area contributed by atoms with Gasteiger partial charge in [-0.05, 0) is 61.0 Å². The molecule has 1 unspecified atom stereocenters. The fourth-order valence-electron chi connectivity index (χ4n) is 6.06. The normalized spacial score (nSPS) is 17.8. The average Bonchev–Trinajstić information content (AvgIpc) is 3.48. The molecule has 234 valence electrons. The summed E-state index contributed by atoms with van der Waals surface area (Å²) in [5, 5.41) is 13.7. The first-order valence-corrected chi connectivity index (χ1v) is 16.7. The summed E-state index contributed by atoms with van der Waals surface area (Å²) in [5.74, 6) is 0.696. The van der Waals surface area contributed by atoms with E-state index in [1.807, 2.05) is 23.5 Å². The molecule has 0 aliphatic carbocycles. The quantitative estimate of drug-likeness (QED) is 0.159. The summed E-state index contributed by atoms with van der Waals surface area (Å²) in [6.07, 6.45) is 5.38. The van der Waals surface area contributed by atoms with Crippen molar-refractivity contribution in [1.29, 1.82) is 0 Å². The molecule has 0 spiro atoms. The van der Waals surface area contributed by atoms with Crippen molar-refractivity contribution >= 4 is 38.7 Å². The number of ether oxygens (including phenoxy) is 3. The molecule has 8 nitrogen and oxygen atoms in total. The zero-order chi connectivity index (χ0) is 30.2. The van der Waals surface area contributed by atoms with Crippen LogP contribution in [0.15, 0.2) is 47.8 Å². The molecule has 1 fully saturated rings. The fraction of sp³-hybridized carbons (Fsp3) is 0.559. The number of hydrogen-bond acceptors (Lipinski definition) is 8. The van der Waals surface area contributed by atoms with E-state index in [1.165, 1.54) is 15.8 Å². The average molecular weight is 610 g/mol. The van der Waals surface area contributed by atoms with Gasteiger partial charge >= 0.3 is 0 Å². The van der Waals surface area contributed by atoms with Gasteiger partial charge in [0, 0.05) is 59.9 Å². The Hall–Kier alpha value is -2.69. The van der Waals surface area contributed by atoms with Gasteiger partial charge < -0.3 is 24.2 Å². The molecule has 0 bridgehead atoms. The number of amides is 1. The van der Waals surface area contributed by atoms with Crippen LogP contribution in [0, 0.1) is 0 Å². The molecule has 0 radical (unpaired) electrons. The molecule has 43 heavy (non-hydrogen) atoms. The first-order valence-electron chi connectivity index (χ1n) is 15.8. The molecule has 1 atom stereocenters. The highest BCUT2D eigenvalue weighted by Gasteiger charge is 2.37.